The monoisotopic (exact) mass is 448 g/mol. The van der Waals surface area contributed by atoms with Crippen LogP contribution in [-0.4, -0.2) is 65.0 Å². The van der Waals surface area contributed by atoms with E-state index >= 15 is 0 Å². The van der Waals surface area contributed by atoms with Crippen molar-refractivity contribution in [3.63, 3.8) is 0 Å². The Bertz CT molecular complexity index is 1160. The van der Waals surface area contributed by atoms with E-state index in [4.69, 9.17) is 5.26 Å². The molecule has 2 amide bonds. The van der Waals surface area contributed by atoms with Crippen molar-refractivity contribution in [2.45, 2.75) is 32.7 Å². The fraction of sp³-hybridized carbons (Fsp3) is 0.375. The van der Waals surface area contributed by atoms with Crippen LogP contribution in [0.1, 0.15) is 46.8 Å². The SMILES string of the molecule is CCN1CCN(C(=O)c2ccc(N3N=CC(c4cc(F)c(C#N)cc4C)C3=O)nc2)[C@H](C)C1. The molecule has 0 radical (unpaired) electrons. The fourth-order valence-electron chi connectivity index (χ4n) is 4.31. The number of carbonyl (C=O) groups is 2. The molecular weight excluding hydrogens is 423 g/mol. The molecule has 1 saturated heterocycles. The molecule has 1 fully saturated rings. The van der Waals surface area contributed by atoms with E-state index in [2.05, 4.69) is 21.9 Å². The van der Waals surface area contributed by atoms with Crippen molar-refractivity contribution in [2.24, 2.45) is 5.10 Å². The Kier molecular flexibility index (Phi) is 6.20. The summed E-state index contributed by atoms with van der Waals surface area (Å²) in [4.78, 5) is 34.4. The van der Waals surface area contributed by atoms with Gasteiger partial charge in [0, 0.05) is 38.1 Å². The van der Waals surface area contributed by atoms with Crippen LogP contribution < -0.4 is 5.01 Å². The van der Waals surface area contributed by atoms with Crippen molar-refractivity contribution in [3.05, 3.63) is 58.5 Å². The summed E-state index contributed by atoms with van der Waals surface area (Å²) in [7, 11) is 0. The third kappa shape index (κ3) is 4.22. The first-order valence-electron chi connectivity index (χ1n) is 10.9. The Hall–Kier alpha value is -3.64. The molecule has 2 atom stereocenters. The maximum Gasteiger partial charge on any atom is 0.261 e. The topological polar surface area (TPSA) is 92.9 Å². The van der Waals surface area contributed by atoms with Crippen molar-refractivity contribution >= 4 is 23.8 Å². The van der Waals surface area contributed by atoms with Gasteiger partial charge in [-0.2, -0.15) is 15.4 Å². The average molecular weight is 449 g/mol. The number of hydrogen-bond donors (Lipinski definition) is 0. The van der Waals surface area contributed by atoms with Gasteiger partial charge < -0.3 is 4.90 Å². The number of benzene rings is 1. The van der Waals surface area contributed by atoms with Crippen molar-refractivity contribution < 1.29 is 14.0 Å². The summed E-state index contributed by atoms with van der Waals surface area (Å²) >= 11 is 0. The van der Waals surface area contributed by atoms with Crippen molar-refractivity contribution in [3.8, 4) is 6.07 Å². The van der Waals surface area contributed by atoms with Gasteiger partial charge in [0.05, 0.1) is 11.1 Å². The van der Waals surface area contributed by atoms with Crippen LogP contribution in [0.15, 0.2) is 35.6 Å². The van der Waals surface area contributed by atoms with Crippen molar-refractivity contribution in [1.82, 2.24) is 14.8 Å². The molecule has 8 nitrogen and oxygen atoms in total. The smallest absolute Gasteiger partial charge is 0.261 e. The number of anilines is 1. The summed E-state index contributed by atoms with van der Waals surface area (Å²) in [5.74, 6) is -1.63. The summed E-state index contributed by atoms with van der Waals surface area (Å²) in [5, 5.41) is 14.3. The number of hydrogen-bond acceptors (Lipinski definition) is 6. The van der Waals surface area contributed by atoms with Gasteiger partial charge in [-0.15, -0.1) is 0 Å². The molecule has 0 spiro atoms. The van der Waals surface area contributed by atoms with E-state index in [9.17, 15) is 14.0 Å². The molecule has 4 rings (SSSR count). The summed E-state index contributed by atoms with van der Waals surface area (Å²) in [6, 6.07) is 7.77. The van der Waals surface area contributed by atoms with Gasteiger partial charge >= 0.3 is 0 Å². The normalized spacial score (nSPS) is 20.9. The van der Waals surface area contributed by atoms with E-state index in [-0.39, 0.29) is 29.2 Å². The van der Waals surface area contributed by atoms with E-state index in [1.54, 1.807) is 25.1 Å². The maximum atomic E-state index is 14.1. The zero-order valence-electron chi connectivity index (χ0n) is 18.8. The number of piperazine rings is 1. The summed E-state index contributed by atoms with van der Waals surface area (Å²) < 4.78 is 14.1. The first-order chi connectivity index (χ1) is 15.8. The lowest BCUT2D eigenvalue weighted by atomic mass is 9.93. The molecule has 2 aliphatic heterocycles. The second-order valence-electron chi connectivity index (χ2n) is 8.34. The second-order valence-corrected chi connectivity index (χ2v) is 8.34. The Labute approximate surface area is 191 Å². The molecule has 1 unspecified atom stereocenters. The van der Waals surface area contributed by atoms with Gasteiger partial charge in [0.15, 0.2) is 5.82 Å². The molecule has 1 aromatic carbocycles. The highest BCUT2D eigenvalue weighted by molar-refractivity contribution is 6.12. The number of amides is 2. The minimum Gasteiger partial charge on any atom is -0.333 e. The molecule has 2 aromatic rings. The lowest BCUT2D eigenvalue weighted by molar-refractivity contribution is -0.118. The van der Waals surface area contributed by atoms with E-state index in [0.717, 1.165) is 24.6 Å². The minimum absolute atomic E-state index is 0.0668. The summed E-state index contributed by atoms with van der Waals surface area (Å²) in [5.41, 5.74) is 1.47. The van der Waals surface area contributed by atoms with Crippen LogP contribution >= 0.6 is 0 Å². The molecule has 170 valence electrons. The molecular formula is C24H25FN6O2. The molecule has 2 aliphatic rings. The Morgan fingerprint density at radius 3 is 2.73 bits per heavy atom. The van der Waals surface area contributed by atoms with Gasteiger partial charge in [-0.25, -0.2) is 9.37 Å². The number of pyridine rings is 1. The number of aryl methyl sites for hydroxylation is 1. The van der Waals surface area contributed by atoms with Crippen LogP contribution in [0.4, 0.5) is 10.2 Å². The van der Waals surface area contributed by atoms with Crippen LogP contribution in [0.3, 0.4) is 0 Å². The number of rotatable bonds is 4. The van der Waals surface area contributed by atoms with Gasteiger partial charge in [0.25, 0.3) is 11.8 Å². The van der Waals surface area contributed by atoms with Crippen LogP contribution in [0, 0.1) is 24.1 Å². The van der Waals surface area contributed by atoms with E-state index in [1.165, 1.54) is 24.5 Å². The standard InChI is InChI=1S/C24H25FN6O2/c1-4-29-7-8-30(16(3)14-29)23(32)17-5-6-22(27-12-17)31-24(33)20(13-28-31)19-10-21(25)18(11-26)9-15(19)2/h5-6,9-10,12-13,16,20H,4,7-8,14H2,1-3H3/t16-,20?/m1/s1. The number of carbonyl (C=O) groups excluding carboxylic acids is 2. The summed E-state index contributed by atoms with van der Waals surface area (Å²) in [6.45, 7) is 9.16. The molecule has 33 heavy (non-hydrogen) atoms. The van der Waals surface area contributed by atoms with E-state index in [1.807, 2.05) is 11.8 Å². The maximum absolute atomic E-state index is 14.1. The lowest BCUT2D eigenvalue weighted by Gasteiger charge is -2.39. The third-order valence-electron chi connectivity index (χ3n) is 6.25. The van der Waals surface area contributed by atoms with Crippen LogP contribution in [-0.2, 0) is 4.79 Å². The highest BCUT2D eigenvalue weighted by Gasteiger charge is 2.34. The summed E-state index contributed by atoms with van der Waals surface area (Å²) in [6.07, 6.45) is 2.89. The molecule has 0 aliphatic carbocycles. The van der Waals surface area contributed by atoms with Gasteiger partial charge in [-0.05, 0) is 55.8 Å². The largest absolute Gasteiger partial charge is 0.333 e. The highest BCUT2D eigenvalue weighted by atomic mass is 19.1. The number of nitrogens with zero attached hydrogens (tertiary/aromatic N) is 6. The zero-order valence-corrected chi connectivity index (χ0v) is 18.8. The quantitative estimate of drug-likeness (QED) is 0.717. The van der Waals surface area contributed by atoms with Gasteiger partial charge in [-0.3, -0.25) is 14.5 Å². The lowest BCUT2D eigenvalue weighted by Crippen LogP contribution is -2.53. The molecule has 0 saturated carbocycles. The number of likely N-dealkylation sites (N-methyl/N-ethyl adjacent to an activating group) is 1. The second kappa shape index (κ2) is 9.08. The fourth-order valence-corrected chi connectivity index (χ4v) is 4.31. The predicted octanol–water partition coefficient (Wildman–Crippen LogP) is 2.68. The molecule has 0 bridgehead atoms. The highest BCUT2D eigenvalue weighted by Crippen LogP contribution is 2.29. The molecule has 3 heterocycles. The van der Waals surface area contributed by atoms with Crippen molar-refractivity contribution in [2.75, 3.05) is 31.2 Å². The van der Waals surface area contributed by atoms with Gasteiger partial charge in [-0.1, -0.05) is 6.92 Å². The van der Waals surface area contributed by atoms with Crippen LogP contribution in [0.5, 0.6) is 0 Å². The molecule has 9 heteroatoms. The van der Waals surface area contributed by atoms with E-state index < -0.39 is 11.7 Å². The van der Waals surface area contributed by atoms with Crippen molar-refractivity contribution in [1.29, 1.82) is 5.26 Å². The Morgan fingerprint density at radius 1 is 1.30 bits per heavy atom. The first-order valence-corrected chi connectivity index (χ1v) is 10.9. The number of aromatic nitrogens is 1. The zero-order chi connectivity index (χ0) is 23.7. The number of halogens is 1. The average Bonchev–Trinajstić information content (AvgIpc) is 3.20. The predicted molar refractivity (Wildman–Crippen MR) is 121 cm³/mol. The molecule has 0 N–H and O–H groups in total. The number of hydrazone groups is 1. The van der Waals surface area contributed by atoms with Crippen LogP contribution in [0.25, 0.3) is 0 Å². The Balaban J connectivity index is 1.49. The Morgan fingerprint density at radius 2 is 2.09 bits per heavy atom. The minimum atomic E-state index is -0.772. The number of nitriles is 1. The first kappa shape index (κ1) is 22.6. The van der Waals surface area contributed by atoms with Gasteiger partial charge in [0.2, 0.25) is 0 Å². The molecule has 1 aromatic heterocycles. The third-order valence-corrected chi connectivity index (χ3v) is 6.25. The van der Waals surface area contributed by atoms with E-state index in [0.29, 0.717) is 23.2 Å². The van der Waals surface area contributed by atoms with Crippen LogP contribution in [0.2, 0.25) is 0 Å². The van der Waals surface area contributed by atoms with Gasteiger partial charge in [0.1, 0.15) is 17.8 Å².